The number of para-hydroxylation sites is 1. The molecule has 0 bridgehead atoms. The zero-order valence-electron chi connectivity index (χ0n) is 14.5. The summed E-state index contributed by atoms with van der Waals surface area (Å²) in [6.45, 7) is 0.756. The molecular formula is C21H21N3O2. The lowest BCUT2D eigenvalue weighted by Gasteiger charge is -2.22. The first kappa shape index (κ1) is 17.6. The Labute approximate surface area is 152 Å². The lowest BCUT2D eigenvalue weighted by molar-refractivity contribution is -0.131. The maximum absolute atomic E-state index is 12.9. The Morgan fingerprint density at radius 1 is 0.962 bits per heavy atom. The van der Waals surface area contributed by atoms with Gasteiger partial charge in [0.2, 0.25) is 11.8 Å². The van der Waals surface area contributed by atoms with Gasteiger partial charge in [-0.1, -0.05) is 54.6 Å². The van der Waals surface area contributed by atoms with Crippen molar-refractivity contribution in [2.45, 2.75) is 19.4 Å². The molecule has 0 radical (unpaired) electrons. The predicted molar refractivity (Wildman–Crippen MR) is 101 cm³/mol. The van der Waals surface area contributed by atoms with E-state index in [2.05, 4.69) is 4.98 Å². The van der Waals surface area contributed by atoms with E-state index in [0.29, 0.717) is 13.1 Å². The van der Waals surface area contributed by atoms with E-state index < -0.39 is 5.91 Å². The number of carbonyl (C=O) groups is 2. The predicted octanol–water partition coefficient (Wildman–Crippen LogP) is 2.68. The second-order valence-corrected chi connectivity index (χ2v) is 6.19. The summed E-state index contributed by atoms with van der Waals surface area (Å²) >= 11 is 0. The molecule has 26 heavy (non-hydrogen) atoms. The number of primary amides is 1. The van der Waals surface area contributed by atoms with E-state index >= 15 is 0 Å². The first-order valence-corrected chi connectivity index (χ1v) is 8.56. The van der Waals surface area contributed by atoms with Gasteiger partial charge in [-0.25, -0.2) is 0 Å². The van der Waals surface area contributed by atoms with Crippen molar-refractivity contribution >= 4 is 22.7 Å². The summed E-state index contributed by atoms with van der Waals surface area (Å²) in [5, 5.41) is 1.00. The third-order valence-corrected chi connectivity index (χ3v) is 4.26. The second kappa shape index (κ2) is 8.25. The smallest absolute Gasteiger partial charge is 0.227 e. The van der Waals surface area contributed by atoms with Crippen LogP contribution < -0.4 is 5.73 Å². The average Bonchev–Trinajstić information content (AvgIpc) is 2.66. The average molecular weight is 347 g/mol. The molecule has 0 aliphatic heterocycles. The van der Waals surface area contributed by atoms with Crippen LogP contribution in [-0.2, 0) is 22.6 Å². The molecule has 1 heterocycles. The number of amides is 2. The largest absolute Gasteiger partial charge is 0.370 e. The van der Waals surface area contributed by atoms with Crippen molar-refractivity contribution in [3.05, 3.63) is 78.0 Å². The van der Waals surface area contributed by atoms with E-state index in [1.165, 1.54) is 0 Å². The van der Waals surface area contributed by atoms with Crippen molar-refractivity contribution < 1.29 is 9.59 Å². The number of hydrogen-bond acceptors (Lipinski definition) is 3. The van der Waals surface area contributed by atoms with Crippen LogP contribution in [0.3, 0.4) is 0 Å². The van der Waals surface area contributed by atoms with Gasteiger partial charge < -0.3 is 10.6 Å². The number of pyridine rings is 1. The fraction of sp³-hybridized carbons (Fsp3) is 0.190. The van der Waals surface area contributed by atoms with Crippen LogP contribution in [0, 0.1) is 0 Å². The number of aromatic nitrogens is 1. The van der Waals surface area contributed by atoms with Gasteiger partial charge in [-0.05, 0) is 17.2 Å². The summed E-state index contributed by atoms with van der Waals surface area (Å²) < 4.78 is 0. The molecule has 3 rings (SSSR count). The Hall–Kier alpha value is -3.21. The van der Waals surface area contributed by atoms with E-state index in [-0.39, 0.29) is 18.7 Å². The molecule has 0 saturated carbocycles. The number of nitrogens with two attached hydrogens (primary N) is 1. The van der Waals surface area contributed by atoms with Crippen molar-refractivity contribution in [3.63, 3.8) is 0 Å². The highest BCUT2D eigenvalue weighted by atomic mass is 16.2. The molecule has 2 N–H and O–H groups in total. The van der Waals surface area contributed by atoms with Gasteiger partial charge in [-0.3, -0.25) is 14.6 Å². The monoisotopic (exact) mass is 347 g/mol. The Morgan fingerprint density at radius 2 is 1.73 bits per heavy atom. The molecule has 0 aliphatic carbocycles. The quantitative estimate of drug-likeness (QED) is 0.714. The molecule has 5 nitrogen and oxygen atoms in total. The van der Waals surface area contributed by atoms with Crippen molar-refractivity contribution in [1.82, 2.24) is 9.88 Å². The van der Waals surface area contributed by atoms with Crippen LogP contribution in [0.4, 0.5) is 0 Å². The summed E-state index contributed by atoms with van der Waals surface area (Å²) in [6.07, 6.45) is 2.11. The third kappa shape index (κ3) is 4.45. The third-order valence-electron chi connectivity index (χ3n) is 4.26. The molecule has 1 aromatic heterocycles. The van der Waals surface area contributed by atoms with Gasteiger partial charge in [0.05, 0.1) is 11.9 Å². The number of hydrogen-bond donors (Lipinski definition) is 1. The Balaban J connectivity index is 1.80. The van der Waals surface area contributed by atoms with E-state index in [1.807, 2.05) is 60.7 Å². The van der Waals surface area contributed by atoms with Crippen LogP contribution in [0.15, 0.2) is 66.9 Å². The minimum Gasteiger partial charge on any atom is -0.370 e. The maximum atomic E-state index is 12.9. The van der Waals surface area contributed by atoms with Crippen molar-refractivity contribution in [2.75, 3.05) is 6.54 Å². The van der Waals surface area contributed by atoms with Crippen molar-refractivity contribution in [2.24, 2.45) is 5.73 Å². The lowest BCUT2D eigenvalue weighted by atomic mass is 10.1. The van der Waals surface area contributed by atoms with E-state index in [4.69, 9.17) is 5.73 Å². The molecule has 0 fully saturated rings. The minimum atomic E-state index is -0.414. The first-order chi connectivity index (χ1) is 12.6. The number of nitrogens with zero attached hydrogens (tertiary/aromatic N) is 2. The first-order valence-electron chi connectivity index (χ1n) is 8.56. The summed E-state index contributed by atoms with van der Waals surface area (Å²) in [5.41, 5.74) is 8.00. The molecule has 0 unspecified atom stereocenters. The molecule has 0 saturated heterocycles. The van der Waals surface area contributed by atoms with Crippen LogP contribution in [0.25, 0.3) is 10.9 Å². The van der Waals surface area contributed by atoms with E-state index in [0.717, 1.165) is 22.0 Å². The molecule has 0 atom stereocenters. The maximum Gasteiger partial charge on any atom is 0.227 e. The SMILES string of the molecule is NC(=O)CCN(Cc1ccccc1)C(=O)Cc1cccc2cccnc12. The normalized spacial score (nSPS) is 10.6. The highest BCUT2D eigenvalue weighted by Crippen LogP contribution is 2.18. The molecule has 132 valence electrons. The highest BCUT2D eigenvalue weighted by Gasteiger charge is 2.17. The second-order valence-electron chi connectivity index (χ2n) is 6.19. The van der Waals surface area contributed by atoms with Gasteiger partial charge in [0.15, 0.2) is 0 Å². The molecular weight excluding hydrogens is 326 g/mol. The molecule has 0 spiro atoms. The van der Waals surface area contributed by atoms with Gasteiger partial charge in [-0.15, -0.1) is 0 Å². The van der Waals surface area contributed by atoms with Crippen LogP contribution in [-0.4, -0.2) is 28.2 Å². The fourth-order valence-corrected chi connectivity index (χ4v) is 2.93. The number of benzene rings is 2. The number of fused-ring (bicyclic) bond motifs is 1. The minimum absolute atomic E-state index is 0.0479. The van der Waals surface area contributed by atoms with Crippen molar-refractivity contribution in [1.29, 1.82) is 0 Å². The molecule has 2 amide bonds. The number of carbonyl (C=O) groups excluding carboxylic acids is 2. The zero-order chi connectivity index (χ0) is 18.4. The van der Waals surface area contributed by atoms with E-state index in [9.17, 15) is 9.59 Å². The topological polar surface area (TPSA) is 76.3 Å². The van der Waals surface area contributed by atoms with Crippen molar-refractivity contribution in [3.8, 4) is 0 Å². The zero-order valence-corrected chi connectivity index (χ0v) is 14.5. The number of rotatable bonds is 7. The van der Waals surface area contributed by atoms with Gasteiger partial charge in [0.1, 0.15) is 0 Å². The van der Waals surface area contributed by atoms with Crippen LogP contribution >= 0.6 is 0 Å². The summed E-state index contributed by atoms with van der Waals surface area (Å²) in [4.78, 5) is 30.2. The van der Waals surface area contributed by atoms with Crippen LogP contribution in [0.1, 0.15) is 17.5 Å². The standard InChI is InChI=1S/C21H21N3O2/c22-19(25)11-13-24(15-16-6-2-1-3-7-16)20(26)14-18-9-4-8-17-10-5-12-23-21(17)18/h1-10,12H,11,13-15H2,(H2,22,25). The van der Waals surface area contributed by atoms with Gasteiger partial charge in [0, 0.05) is 31.1 Å². The van der Waals surface area contributed by atoms with Crippen LogP contribution in [0.5, 0.6) is 0 Å². The molecule has 2 aromatic carbocycles. The fourth-order valence-electron chi connectivity index (χ4n) is 2.93. The van der Waals surface area contributed by atoms with Gasteiger partial charge in [0.25, 0.3) is 0 Å². The van der Waals surface area contributed by atoms with E-state index in [1.54, 1.807) is 11.1 Å². The Bertz CT molecular complexity index is 904. The molecule has 5 heteroatoms. The summed E-state index contributed by atoms with van der Waals surface area (Å²) in [7, 11) is 0. The van der Waals surface area contributed by atoms with Gasteiger partial charge >= 0.3 is 0 Å². The van der Waals surface area contributed by atoms with Gasteiger partial charge in [-0.2, -0.15) is 0 Å². The van der Waals surface area contributed by atoms with Crippen LogP contribution in [0.2, 0.25) is 0 Å². The molecule has 0 aliphatic rings. The Morgan fingerprint density at radius 3 is 2.50 bits per heavy atom. The Kier molecular flexibility index (Phi) is 5.59. The summed E-state index contributed by atoms with van der Waals surface area (Å²) in [6, 6.07) is 19.4. The lowest BCUT2D eigenvalue weighted by Crippen LogP contribution is -2.34. The highest BCUT2D eigenvalue weighted by molar-refractivity contribution is 5.87. The summed E-state index contributed by atoms with van der Waals surface area (Å²) in [5.74, 6) is -0.462. The molecule has 3 aromatic rings.